The van der Waals surface area contributed by atoms with Crippen LogP contribution in [0.4, 0.5) is 0 Å². The van der Waals surface area contributed by atoms with Crippen molar-refractivity contribution in [3.05, 3.63) is 35.4 Å². The number of carbonyl (C=O) groups excluding carboxylic acids is 1. The second kappa shape index (κ2) is 6.40. The van der Waals surface area contributed by atoms with Crippen LogP contribution in [-0.2, 0) is 9.53 Å². The highest BCUT2D eigenvalue weighted by molar-refractivity contribution is 5.71. The molecule has 94 valence electrons. The zero-order chi connectivity index (χ0) is 12.8. The fourth-order valence-corrected chi connectivity index (χ4v) is 1.72. The lowest BCUT2D eigenvalue weighted by Crippen LogP contribution is -2.29. The number of esters is 1. The molecule has 1 N–H and O–H groups in total. The molecule has 0 heterocycles. The molecule has 1 rings (SSSR count). The highest BCUT2D eigenvalue weighted by atomic mass is 16.5. The van der Waals surface area contributed by atoms with Gasteiger partial charge in [-0.25, -0.2) is 0 Å². The van der Waals surface area contributed by atoms with E-state index < -0.39 is 0 Å². The second-order valence-corrected chi connectivity index (χ2v) is 4.50. The molecule has 17 heavy (non-hydrogen) atoms. The average Bonchev–Trinajstić information content (AvgIpc) is 2.25. The van der Waals surface area contributed by atoms with E-state index in [1.54, 1.807) is 0 Å². The predicted molar refractivity (Wildman–Crippen MR) is 68.8 cm³/mol. The zero-order valence-corrected chi connectivity index (χ0v) is 11.0. The summed E-state index contributed by atoms with van der Waals surface area (Å²) in [5.41, 5.74) is 2.44. The van der Waals surface area contributed by atoms with E-state index in [1.165, 1.54) is 11.1 Å². The van der Waals surface area contributed by atoms with Crippen LogP contribution in [0.2, 0.25) is 0 Å². The monoisotopic (exact) mass is 235 g/mol. The third-order valence-corrected chi connectivity index (χ3v) is 2.57. The van der Waals surface area contributed by atoms with Gasteiger partial charge < -0.3 is 10.1 Å². The summed E-state index contributed by atoms with van der Waals surface area (Å²) >= 11 is 0. The molecule has 0 bridgehead atoms. The molecule has 0 aliphatic carbocycles. The van der Waals surface area contributed by atoms with Crippen molar-refractivity contribution >= 4 is 5.97 Å². The van der Waals surface area contributed by atoms with Crippen LogP contribution in [0.25, 0.3) is 0 Å². The van der Waals surface area contributed by atoms with Gasteiger partial charge in [0.2, 0.25) is 0 Å². The van der Waals surface area contributed by atoms with Gasteiger partial charge in [-0.15, -0.1) is 0 Å². The molecular weight excluding hydrogens is 214 g/mol. The number of hydrogen-bond donors (Lipinski definition) is 1. The van der Waals surface area contributed by atoms with Gasteiger partial charge in [-0.3, -0.25) is 4.79 Å². The van der Waals surface area contributed by atoms with Gasteiger partial charge in [-0.05, 0) is 38.8 Å². The molecule has 0 aliphatic heterocycles. The van der Waals surface area contributed by atoms with Gasteiger partial charge in [0, 0.05) is 6.04 Å². The molecule has 0 aromatic heterocycles. The van der Waals surface area contributed by atoms with Crippen molar-refractivity contribution in [3.8, 4) is 0 Å². The molecule has 0 saturated heterocycles. The van der Waals surface area contributed by atoms with Crippen molar-refractivity contribution in [1.82, 2.24) is 5.32 Å². The second-order valence-electron chi connectivity index (χ2n) is 4.50. The maximum Gasteiger partial charge on any atom is 0.320 e. The minimum atomic E-state index is -0.208. The Morgan fingerprint density at radius 3 is 2.53 bits per heavy atom. The van der Waals surface area contributed by atoms with Crippen LogP contribution < -0.4 is 5.32 Å². The standard InChI is InChI=1S/C14H21NO2/c1-10(2)17-14(16)9-15-12(4)13-8-6-5-7-11(13)3/h5-8,10,12,15H,9H2,1-4H3/t12-/m0/s1. The first-order valence-corrected chi connectivity index (χ1v) is 5.99. The topological polar surface area (TPSA) is 38.3 Å². The highest BCUT2D eigenvalue weighted by Gasteiger charge is 2.10. The Morgan fingerprint density at radius 1 is 1.29 bits per heavy atom. The Bertz CT molecular complexity index is 374. The van der Waals surface area contributed by atoms with E-state index in [-0.39, 0.29) is 24.7 Å². The van der Waals surface area contributed by atoms with Crippen LogP contribution in [0.5, 0.6) is 0 Å². The van der Waals surface area contributed by atoms with Crippen molar-refractivity contribution in [3.63, 3.8) is 0 Å². The molecule has 0 radical (unpaired) electrons. The van der Waals surface area contributed by atoms with Gasteiger partial charge in [0.25, 0.3) is 0 Å². The van der Waals surface area contributed by atoms with Gasteiger partial charge in [0.1, 0.15) is 0 Å². The molecule has 0 aliphatic rings. The first kappa shape index (κ1) is 13.7. The number of ether oxygens (including phenoxy) is 1. The molecule has 0 amide bonds. The van der Waals surface area contributed by atoms with E-state index in [2.05, 4.69) is 24.4 Å². The summed E-state index contributed by atoms with van der Waals surface area (Å²) in [5.74, 6) is -0.208. The Kier molecular flexibility index (Phi) is 5.16. The van der Waals surface area contributed by atoms with Crippen molar-refractivity contribution in [2.24, 2.45) is 0 Å². The summed E-state index contributed by atoms with van der Waals surface area (Å²) in [6, 6.07) is 8.31. The number of aryl methyl sites for hydroxylation is 1. The van der Waals surface area contributed by atoms with E-state index in [9.17, 15) is 4.79 Å². The van der Waals surface area contributed by atoms with E-state index in [4.69, 9.17) is 4.74 Å². The third kappa shape index (κ3) is 4.57. The summed E-state index contributed by atoms with van der Waals surface area (Å²) in [5, 5.41) is 3.17. The van der Waals surface area contributed by atoms with Gasteiger partial charge in [0.05, 0.1) is 12.6 Å². The SMILES string of the molecule is Cc1ccccc1[C@H](C)NCC(=O)OC(C)C. The van der Waals surface area contributed by atoms with Crippen LogP contribution in [0.3, 0.4) is 0 Å². The Morgan fingerprint density at radius 2 is 1.94 bits per heavy atom. The van der Waals surface area contributed by atoms with Crippen LogP contribution in [0.15, 0.2) is 24.3 Å². The Balaban J connectivity index is 2.48. The summed E-state index contributed by atoms with van der Waals surface area (Å²) in [6.45, 7) is 8.06. The fourth-order valence-electron chi connectivity index (χ4n) is 1.72. The largest absolute Gasteiger partial charge is 0.462 e. The Hall–Kier alpha value is -1.35. The molecule has 3 nitrogen and oxygen atoms in total. The smallest absolute Gasteiger partial charge is 0.320 e. The zero-order valence-electron chi connectivity index (χ0n) is 11.0. The Labute approximate surface area is 103 Å². The number of hydrogen-bond acceptors (Lipinski definition) is 3. The fraction of sp³-hybridized carbons (Fsp3) is 0.500. The van der Waals surface area contributed by atoms with Crippen molar-refractivity contribution in [2.45, 2.75) is 39.8 Å². The van der Waals surface area contributed by atoms with E-state index in [0.29, 0.717) is 0 Å². The number of nitrogens with one attached hydrogen (secondary N) is 1. The molecular formula is C14H21NO2. The van der Waals surface area contributed by atoms with Gasteiger partial charge in [-0.2, -0.15) is 0 Å². The molecule has 3 heteroatoms. The molecule has 1 aromatic carbocycles. The van der Waals surface area contributed by atoms with Crippen LogP contribution >= 0.6 is 0 Å². The minimum Gasteiger partial charge on any atom is -0.462 e. The molecule has 0 fully saturated rings. The predicted octanol–water partition coefficient (Wildman–Crippen LogP) is 2.60. The first-order chi connectivity index (χ1) is 8.00. The van der Waals surface area contributed by atoms with Gasteiger partial charge in [-0.1, -0.05) is 24.3 Å². The van der Waals surface area contributed by atoms with Crippen molar-refractivity contribution in [2.75, 3.05) is 6.54 Å². The number of benzene rings is 1. The van der Waals surface area contributed by atoms with Crippen LogP contribution in [0, 0.1) is 6.92 Å². The van der Waals surface area contributed by atoms with E-state index >= 15 is 0 Å². The normalized spacial score (nSPS) is 12.5. The summed E-state index contributed by atoms with van der Waals surface area (Å²) < 4.78 is 5.07. The van der Waals surface area contributed by atoms with Gasteiger partial charge >= 0.3 is 5.97 Å². The van der Waals surface area contributed by atoms with Gasteiger partial charge in [0.15, 0.2) is 0 Å². The summed E-state index contributed by atoms with van der Waals surface area (Å²) in [4.78, 5) is 11.4. The lowest BCUT2D eigenvalue weighted by molar-refractivity contribution is -0.146. The number of carbonyl (C=O) groups is 1. The lowest BCUT2D eigenvalue weighted by Gasteiger charge is -2.16. The van der Waals surface area contributed by atoms with Crippen molar-refractivity contribution < 1.29 is 9.53 Å². The number of rotatable bonds is 5. The maximum absolute atomic E-state index is 11.4. The third-order valence-electron chi connectivity index (χ3n) is 2.57. The van der Waals surface area contributed by atoms with Crippen LogP contribution in [-0.4, -0.2) is 18.6 Å². The maximum atomic E-state index is 11.4. The summed E-state index contributed by atoms with van der Waals surface area (Å²) in [7, 11) is 0. The molecule has 0 unspecified atom stereocenters. The van der Waals surface area contributed by atoms with E-state index in [1.807, 2.05) is 32.9 Å². The van der Waals surface area contributed by atoms with Crippen molar-refractivity contribution in [1.29, 1.82) is 0 Å². The quantitative estimate of drug-likeness (QED) is 0.797. The molecule has 0 saturated carbocycles. The first-order valence-electron chi connectivity index (χ1n) is 5.99. The van der Waals surface area contributed by atoms with Crippen LogP contribution in [0.1, 0.15) is 37.9 Å². The van der Waals surface area contributed by atoms with E-state index in [0.717, 1.165) is 0 Å². The average molecular weight is 235 g/mol. The minimum absolute atomic E-state index is 0.0573. The molecule has 1 aromatic rings. The lowest BCUT2D eigenvalue weighted by atomic mass is 10.0. The molecule has 0 spiro atoms. The summed E-state index contributed by atoms with van der Waals surface area (Å²) in [6.07, 6.45) is -0.0573. The highest BCUT2D eigenvalue weighted by Crippen LogP contribution is 2.16. The molecule has 1 atom stereocenters.